The van der Waals surface area contributed by atoms with Crippen molar-refractivity contribution in [1.29, 1.82) is 0 Å². The van der Waals surface area contributed by atoms with Crippen LogP contribution in [-0.4, -0.2) is 63.8 Å². The van der Waals surface area contributed by atoms with Crippen molar-refractivity contribution < 1.29 is 23.7 Å². The van der Waals surface area contributed by atoms with Crippen molar-refractivity contribution in [3.8, 4) is 23.0 Å². The first-order valence-electron chi connectivity index (χ1n) is 13.6. The first-order valence-corrected chi connectivity index (χ1v) is 13.6. The number of rotatable bonds is 11. The largest absolute Gasteiger partial charge is 0.493 e. The maximum absolute atomic E-state index is 13.4. The van der Waals surface area contributed by atoms with E-state index in [4.69, 9.17) is 24.7 Å². The molecule has 0 saturated carbocycles. The number of benzene rings is 3. The number of nitrogens with zero attached hydrogens (tertiary/aromatic N) is 2. The van der Waals surface area contributed by atoms with Crippen LogP contribution >= 0.6 is 0 Å². The third-order valence-electron chi connectivity index (χ3n) is 8.01. The fraction of sp³-hybridized carbons (Fsp3) is 0.406. The van der Waals surface area contributed by atoms with Gasteiger partial charge in [0.15, 0.2) is 23.0 Å². The maximum Gasteiger partial charge on any atom is 0.221 e. The van der Waals surface area contributed by atoms with Gasteiger partial charge in [0.05, 0.1) is 28.4 Å². The summed E-state index contributed by atoms with van der Waals surface area (Å²) in [6, 6.07) is 18.0. The third-order valence-corrected chi connectivity index (χ3v) is 8.01. The molecule has 8 nitrogen and oxygen atoms in total. The summed E-state index contributed by atoms with van der Waals surface area (Å²) in [5.74, 6) is 2.70. The molecule has 1 unspecified atom stereocenters. The molecule has 2 N–H and O–H groups in total. The van der Waals surface area contributed by atoms with E-state index in [9.17, 15) is 4.79 Å². The molecule has 1 amide bonds. The van der Waals surface area contributed by atoms with Gasteiger partial charge in [-0.3, -0.25) is 9.69 Å². The van der Waals surface area contributed by atoms with Gasteiger partial charge in [-0.15, -0.1) is 0 Å². The van der Waals surface area contributed by atoms with E-state index < -0.39 is 5.66 Å². The monoisotopic (exact) mass is 547 g/mol. The first kappa shape index (κ1) is 29.1. The Hall–Kier alpha value is -3.91. The van der Waals surface area contributed by atoms with E-state index in [1.54, 1.807) is 35.4 Å². The molecule has 1 aliphatic heterocycles. The van der Waals surface area contributed by atoms with Crippen LogP contribution in [0.4, 0.5) is 5.69 Å². The number of nitrogen functional groups attached to an aromatic ring is 1. The summed E-state index contributed by atoms with van der Waals surface area (Å²) >= 11 is 0. The van der Waals surface area contributed by atoms with Crippen molar-refractivity contribution in [2.75, 3.05) is 53.8 Å². The van der Waals surface area contributed by atoms with Gasteiger partial charge in [0.25, 0.3) is 0 Å². The van der Waals surface area contributed by atoms with Crippen LogP contribution in [0.1, 0.15) is 36.1 Å². The van der Waals surface area contributed by atoms with E-state index in [1.807, 2.05) is 41.3 Å². The minimum Gasteiger partial charge on any atom is -0.493 e. The SMILES string of the molecule is COc1ccc(CCN(C(C)=O)C2(C)c3cc(OC)c(OC)cc3CCN2CCc2ccc(N)cc2)cc1OC. The van der Waals surface area contributed by atoms with Crippen LogP contribution in [0.3, 0.4) is 0 Å². The van der Waals surface area contributed by atoms with Crippen molar-refractivity contribution in [1.82, 2.24) is 9.80 Å². The highest BCUT2D eigenvalue weighted by Gasteiger charge is 2.45. The van der Waals surface area contributed by atoms with Gasteiger partial charge in [-0.05, 0) is 84.8 Å². The van der Waals surface area contributed by atoms with Crippen LogP contribution in [0.5, 0.6) is 23.0 Å². The highest BCUT2D eigenvalue weighted by Crippen LogP contribution is 2.43. The van der Waals surface area contributed by atoms with Gasteiger partial charge in [-0.25, -0.2) is 0 Å². The molecule has 1 atom stereocenters. The van der Waals surface area contributed by atoms with E-state index in [-0.39, 0.29) is 5.91 Å². The second-order valence-electron chi connectivity index (χ2n) is 10.2. The lowest BCUT2D eigenvalue weighted by Crippen LogP contribution is -2.61. The summed E-state index contributed by atoms with van der Waals surface area (Å²) in [6.45, 7) is 5.89. The number of methoxy groups -OCH3 is 4. The molecule has 0 saturated heterocycles. The maximum atomic E-state index is 13.4. The molecule has 1 heterocycles. The molecule has 1 aliphatic rings. The molecule has 0 radical (unpaired) electrons. The standard InChI is InChI=1S/C32H41N3O5/c1-22(36)35(18-14-24-9-12-28(37-3)29(19-24)38-4)32(2)27-21-31(40-6)30(39-5)20-25(27)15-17-34(32)16-13-23-7-10-26(33)11-8-23/h7-12,19-21H,13-18,33H2,1-6H3. The number of nitrogens with two attached hydrogens (primary N) is 1. The van der Waals surface area contributed by atoms with Gasteiger partial charge in [-0.2, -0.15) is 0 Å². The zero-order valence-electron chi connectivity index (χ0n) is 24.5. The van der Waals surface area contributed by atoms with E-state index in [0.717, 1.165) is 48.3 Å². The predicted molar refractivity (Wildman–Crippen MR) is 157 cm³/mol. The molecule has 3 aromatic carbocycles. The molecule has 0 spiro atoms. The Morgan fingerprint density at radius 1 is 0.850 bits per heavy atom. The summed E-state index contributed by atoms with van der Waals surface area (Å²) in [4.78, 5) is 17.8. The zero-order chi connectivity index (χ0) is 28.9. The summed E-state index contributed by atoms with van der Waals surface area (Å²) in [7, 11) is 6.54. The third kappa shape index (κ3) is 5.82. The van der Waals surface area contributed by atoms with Gasteiger partial charge in [0.2, 0.25) is 5.91 Å². The normalized spacial score (nSPS) is 16.6. The number of hydrogen-bond acceptors (Lipinski definition) is 7. The average Bonchev–Trinajstić information content (AvgIpc) is 2.96. The van der Waals surface area contributed by atoms with Crippen LogP contribution in [-0.2, 0) is 29.7 Å². The molecule has 214 valence electrons. The van der Waals surface area contributed by atoms with E-state index in [2.05, 4.69) is 30.0 Å². The quantitative estimate of drug-likeness (QED) is 0.349. The Morgan fingerprint density at radius 3 is 2.08 bits per heavy atom. The van der Waals surface area contributed by atoms with Crippen LogP contribution < -0.4 is 24.7 Å². The fourth-order valence-corrected chi connectivity index (χ4v) is 5.77. The second-order valence-corrected chi connectivity index (χ2v) is 10.2. The van der Waals surface area contributed by atoms with Crippen molar-refractivity contribution in [2.24, 2.45) is 0 Å². The summed E-state index contributed by atoms with van der Waals surface area (Å²) in [5, 5.41) is 0. The topological polar surface area (TPSA) is 86.5 Å². The number of carbonyl (C=O) groups excluding carboxylic acids is 1. The van der Waals surface area contributed by atoms with Crippen molar-refractivity contribution in [2.45, 2.75) is 38.8 Å². The predicted octanol–water partition coefficient (Wildman–Crippen LogP) is 4.67. The van der Waals surface area contributed by atoms with Gasteiger partial charge in [0.1, 0.15) is 5.66 Å². The Bertz CT molecular complexity index is 1330. The Kier molecular flexibility index (Phi) is 9.10. The smallest absolute Gasteiger partial charge is 0.221 e. The van der Waals surface area contributed by atoms with Crippen molar-refractivity contribution in [3.05, 3.63) is 76.9 Å². The first-order chi connectivity index (χ1) is 19.2. The lowest BCUT2D eigenvalue weighted by molar-refractivity contribution is -0.147. The van der Waals surface area contributed by atoms with Crippen LogP contribution in [0.25, 0.3) is 0 Å². The number of carbonyl (C=O) groups is 1. The van der Waals surface area contributed by atoms with E-state index in [0.29, 0.717) is 36.0 Å². The van der Waals surface area contributed by atoms with Gasteiger partial charge in [0, 0.05) is 32.2 Å². The zero-order valence-corrected chi connectivity index (χ0v) is 24.5. The molecule has 4 rings (SSSR count). The Morgan fingerprint density at radius 2 is 1.45 bits per heavy atom. The molecule has 3 aromatic rings. The average molecular weight is 548 g/mol. The van der Waals surface area contributed by atoms with Gasteiger partial charge >= 0.3 is 0 Å². The van der Waals surface area contributed by atoms with Crippen LogP contribution in [0.15, 0.2) is 54.6 Å². The number of amides is 1. The number of ether oxygens (including phenoxy) is 4. The fourth-order valence-electron chi connectivity index (χ4n) is 5.77. The highest BCUT2D eigenvalue weighted by molar-refractivity contribution is 5.75. The molecule has 40 heavy (non-hydrogen) atoms. The Balaban J connectivity index is 1.72. The lowest BCUT2D eigenvalue weighted by Gasteiger charge is -2.52. The summed E-state index contributed by atoms with van der Waals surface area (Å²) < 4.78 is 22.2. The molecule has 0 aliphatic carbocycles. The molecule has 0 bridgehead atoms. The highest BCUT2D eigenvalue weighted by atomic mass is 16.5. The van der Waals surface area contributed by atoms with Crippen molar-refractivity contribution in [3.63, 3.8) is 0 Å². The molecular weight excluding hydrogens is 506 g/mol. The number of hydrogen-bond donors (Lipinski definition) is 1. The minimum atomic E-state index is -0.705. The molecule has 8 heteroatoms. The molecule has 0 aromatic heterocycles. The molecular formula is C32H41N3O5. The summed E-state index contributed by atoms with van der Waals surface area (Å²) in [5.41, 5.74) is 10.4. The number of anilines is 1. The van der Waals surface area contributed by atoms with Crippen molar-refractivity contribution >= 4 is 11.6 Å². The van der Waals surface area contributed by atoms with Gasteiger partial charge in [-0.1, -0.05) is 18.2 Å². The van der Waals surface area contributed by atoms with E-state index in [1.165, 1.54) is 5.56 Å². The Labute approximate surface area is 237 Å². The van der Waals surface area contributed by atoms with Crippen LogP contribution in [0.2, 0.25) is 0 Å². The minimum absolute atomic E-state index is 0.00287. The lowest BCUT2D eigenvalue weighted by atomic mass is 9.85. The second kappa shape index (κ2) is 12.5. The molecule has 0 fully saturated rings. The van der Waals surface area contributed by atoms with Gasteiger partial charge < -0.3 is 29.6 Å². The van der Waals surface area contributed by atoms with E-state index >= 15 is 0 Å². The summed E-state index contributed by atoms with van der Waals surface area (Å²) in [6.07, 6.45) is 2.33. The van der Waals surface area contributed by atoms with Crippen LogP contribution in [0, 0.1) is 0 Å². The number of fused-ring (bicyclic) bond motifs is 1.